The number of aryl methyl sites for hydroxylation is 1. The van der Waals surface area contributed by atoms with Crippen molar-refractivity contribution in [2.24, 2.45) is 4.99 Å². The number of thiazole rings is 2. The molecule has 0 bridgehead atoms. The number of guanidine groups is 1. The zero-order valence-corrected chi connectivity index (χ0v) is 18.0. The lowest BCUT2D eigenvalue weighted by Crippen LogP contribution is -2.36. The molecule has 0 saturated carbocycles. The van der Waals surface area contributed by atoms with Crippen molar-refractivity contribution in [3.8, 4) is 11.3 Å². The number of halogens is 1. The quantitative estimate of drug-likeness (QED) is 0.325. The molecule has 0 aliphatic rings. The van der Waals surface area contributed by atoms with Gasteiger partial charge in [0.05, 0.1) is 18.8 Å². The van der Waals surface area contributed by atoms with E-state index in [0.717, 1.165) is 27.2 Å². The van der Waals surface area contributed by atoms with Gasteiger partial charge in [-0.25, -0.2) is 9.97 Å². The number of rotatable bonds is 5. The molecule has 2 aromatic heterocycles. The van der Waals surface area contributed by atoms with Gasteiger partial charge in [0.2, 0.25) is 0 Å². The highest BCUT2D eigenvalue weighted by Crippen LogP contribution is 2.21. The fraction of sp³-hybridized carbons (Fsp3) is 0.235. The molecule has 0 fully saturated rings. The third-order valence-electron chi connectivity index (χ3n) is 3.33. The highest BCUT2D eigenvalue weighted by atomic mass is 127. The largest absolute Gasteiger partial charge is 0.350 e. The molecule has 0 atom stereocenters. The molecule has 1 aromatic carbocycles. The molecular formula is C17H20IN5S2. The summed E-state index contributed by atoms with van der Waals surface area (Å²) in [5.74, 6) is 0.749. The van der Waals surface area contributed by atoms with Gasteiger partial charge in [0, 0.05) is 29.1 Å². The van der Waals surface area contributed by atoms with Crippen LogP contribution >= 0.6 is 46.7 Å². The number of hydrogen-bond donors (Lipinski definition) is 2. The molecule has 5 nitrogen and oxygen atoms in total. The molecule has 0 saturated heterocycles. The average molecular weight is 485 g/mol. The summed E-state index contributed by atoms with van der Waals surface area (Å²) in [6.07, 6.45) is 1.89. The van der Waals surface area contributed by atoms with E-state index in [4.69, 9.17) is 0 Å². The third kappa shape index (κ3) is 5.75. The van der Waals surface area contributed by atoms with Crippen LogP contribution in [0.5, 0.6) is 0 Å². The number of aromatic nitrogens is 2. The fourth-order valence-corrected chi connectivity index (χ4v) is 3.63. The lowest BCUT2D eigenvalue weighted by Gasteiger charge is -2.09. The molecule has 3 rings (SSSR count). The predicted molar refractivity (Wildman–Crippen MR) is 117 cm³/mol. The van der Waals surface area contributed by atoms with Gasteiger partial charge in [0.1, 0.15) is 10.0 Å². The Hall–Kier alpha value is -1.52. The molecule has 0 amide bonds. The van der Waals surface area contributed by atoms with Crippen molar-refractivity contribution in [2.75, 3.05) is 7.05 Å². The number of benzene rings is 1. The number of aliphatic imine (C=N–C) groups is 1. The number of nitrogens with one attached hydrogen (secondary N) is 2. The Balaban J connectivity index is 0.00000225. The van der Waals surface area contributed by atoms with Gasteiger partial charge in [0.25, 0.3) is 0 Å². The van der Waals surface area contributed by atoms with Crippen LogP contribution in [-0.2, 0) is 13.1 Å². The van der Waals surface area contributed by atoms with Crippen molar-refractivity contribution >= 4 is 52.6 Å². The van der Waals surface area contributed by atoms with Crippen LogP contribution in [0, 0.1) is 6.92 Å². The number of hydrogen-bond acceptors (Lipinski definition) is 5. The summed E-state index contributed by atoms with van der Waals surface area (Å²) in [5.41, 5.74) is 2.15. The van der Waals surface area contributed by atoms with Crippen molar-refractivity contribution in [1.82, 2.24) is 20.6 Å². The van der Waals surface area contributed by atoms with E-state index in [9.17, 15) is 0 Å². The van der Waals surface area contributed by atoms with Gasteiger partial charge in [0.15, 0.2) is 5.96 Å². The summed E-state index contributed by atoms with van der Waals surface area (Å²) in [5, 5.41) is 10.7. The maximum Gasteiger partial charge on any atom is 0.191 e. The van der Waals surface area contributed by atoms with Crippen LogP contribution in [0.2, 0.25) is 0 Å². The minimum absolute atomic E-state index is 0. The smallest absolute Gasteiger partial charge is 0.191 e. The normalized spacial score (nSPS) is 11.0. The Bertz CT molecular complexity index is 813. The molecule has 0 radical (unpaired) electrons. The molecule has 0 aliphatic carbocycles. The van der Waals surface area contributed by atoms with Gasteiger partial charge >= 0.3 is 0 Å². The minimum atomic E-state index is 0. The van der Waals surface area contributed by atoms with E-state index < -0.39 is 0 Å². The van der Waals surface area contributed by atoms with Crippen molar-refractivity contribution in [3.05, 3.63) is 56.8 Å². The van der Waals surface area contributed by atoms with Gasteiger partial charge in [-0.2, -0.15) is 0 Å². The molecule has 0 aliphatic heterocycles. The van der Waals surface area contributed by atoms with Crippen LogP contribution in [0.1, 0.15) is 14.9 Å². The second kappa shape index (κ2) is 9.83. The first-order chi connectivity index (χ1) is 11.7. The van der Waals surface area contributed by atoms with Crippen LogP contribution in [0.4, 0.5) is 0 Å². The predicted octanol–water partition coefficient (Wildman–Crippen LogP) is 4.06. The van der Waals surface area contributed by atoms with E-state index in [0.29, 0.717) is 13.1 Å². The van der Waals surface area contributed by atoms with Crippen molar-refractivity contribution in [2.45, 2.75) is 20.0 Å². The second-order valence-corrected chi connectivity index (χ2v) is 7.40. The third-order valence-corrected chi connectivity index (χ3v) is 5.09. The van der Waals surface area contributed by atoms with E-state index in [1.165, 1.54) is 4.88 Å². The lowest BCUT2D eigenvalue weighted by molar-refractivity contribution is 0.801. The van der Waals surface area contributed by atoms with Crippen LogP contribution in [0.3, 0.4) is 0 Å². The first-order valence-electron chi connectivity index (χ1n) is 7.60. The van der Waals surface area contributed by atoms with Gasteiger partial charge < -0.3 is 10.6 Å². The highest BCUT2D eigenvalue weighted by Gasteiger charge is 2.06. The summed E-state index contributed by atoms with van der Waals surface area (Å²) < 4.78 is 0. The molecule has 0 unspecified atom stereocenters. The Morgan fingerprint density at radius 3 is 2.48 bits per heavy atom. The van der Waals surface area contributed by atoms with Crippen molar-refractivity contribution < 1.29 is 0 Å². The molecule has 2 heterocycles. The maximum absolute atomic E-state index is 4.67. The Labute approximate surface area is 172 Å². The molecule has 8 heteroatoms. The van der Waals surface area contributed by atoms with Gasteiger partial charge in [-0.05, 0) is 6.92 Å². The molecule has 3 aromatic rings. The Kier molecular flexibility index (Phi) is 7.79. The average Bonchev–Trinajstić information content (AvgIpc) is 3.25. The summed E-state index contributed by atoms with van der Waals surface area (Å²) in [7, 11) is 1.76. The molecule has 2 N–H and O–H groups in total. The summed E-state index contributed by atoms with van der Waals surface area (Å²) >= 11 is 3.34. The van der Waals surface area contributed by atoms with E-state index in [1.54, 1.807) is 29.7 Å². The van der Waals surface area contributed by atoms with E-state index in [2.05, 4.69) is 50.0 Å². The van der Waals surface area contributed by atoms with Crippen LogP contribution < -0.4 is 10.6 Å². The van der Waals surface area contributed by atoms with Crippen LogP contribution in [-0.4, -0.2) is 23.0 Å². The van der Waals surface area contributed by atoms with E-state index in [1.807, 2.05) is 24.4 Å². The van der Waals surface area contributed by atoms with Crippen LogP contribution in [0.25, 0.3) is 11.3 Å². The zero-order chi connectivity index (χ0) is 16.8. The monoisotopic (exact) mass is 485 g/mol. The van der Waals surface area contributed by atoms with E-state index >= 15 is 0 Å². The topological polar surface area (TPSA) is 62.2 Å². The maximum atomic E-state index is 4.67. The second-order valence-electron chi connectivity index (χ2n) is 5.14. The number of nitrogens with zero attached hydrogens (tertiary/aromatic N) is 3. The summed E-state index contributed by atoms with van der Waals surface area (Å²) in [6.45, 7) is 3.38. The Morgan fingerprint density at radius 1 is 1.12 bits per heavy atom. The molecule has 132 valence electrons. The van der Waals surface area contributed by atoms with Gasteiger partial charge in [-0.15, -0.1) is 46.7 Å². The lowest BCUT2D eigenvalue weighted by atomic mass is 10.2. The summed E-state index contributed by atoms with van der Waals surface area (Å²) in [4.78, 5) is 14.5. The molecule has 25 heavy (non-hydrogen) atoms. The summed E-state index contributed by atoms with van der Waals surface area (Å²) in [6, 6.07) is 10.2. The van der Waals surface area contributed by atoms with E-state index in [-0.39, 0.29) is 24.0 Å². The highest BCUT2D eigenvalue weighted by molar-refractivity contribution is 14.0. The first-order valence-corrected chi connectivity index (χ1v) is 9.30. The van der Waals surface area contributed by atoms with Gasteiger partial charge in [-0.3, -0.25) is 4.99 Å². The Morgan fingerprint density at radius 2 is 1.84 bits per heavy atom. The van der Waals surface area contributed by atoms with Gasteiger partial charge in [-0.1, -0.05) is 30.3 Å². The SMILES string of the molecule is CN=C(NCc1nc(-c2ccccc2)cs1)NCc1ncc(C)s1.I. The fourth-order valence-electron chi connectivity index (χ4n) is 2.16. The van der Waals surface area contributed by atoms with Crippen LogP contribution in [0.15, 0.2) is 46.9 Å². The molecule has 0 spiro atoms. The zero-order valence-electron chi connectivity index (χ0n) is 14.0. The van der Waals surface area contributed by atoms with Crippen molar-refractivity contribution in [1.29, 1.82) is 0 Å². The van der Waals surface area contributed by atoms with Crippen molar-refractivity contribution in [3.63, 3.8) is 0 Å². The molecular weight excluding hydrogens is 465 g/mol. The first kappa shape index (κ1) is 19.8. The minimum Gasteiger partial charge on any atom is -0.350 e. The standard InChI is InChI=1S/C17H19N5S2.HI/c1-12-8-19-15(24-12)9-20-17(18-2)21-10-16-22-14(11-23-16)13-6-4-3-5-7-13;/h3-8,11H,9-10H2,1-2H3,(H2,18,20,21);1H.